The van der Waals surface area contributed by atoms with Crippen molar-refractivity contribution in [1.82, 2.24) is 14.7 Å². The van der Waals surface area contributed by atoms with Gasteiger partial charge in [0.1, 0.15) is 6.61 Å². The number of nitro groups is 1. The Morgan fingerprint density at radius 3 is 2.00 bits per heavy atom. The van der Waals surface area contributed by atoms with Crippen LogP contribution < -0.4 is 5.11 Å². The Labute approximate surface area is 263 Å². The molecule has 0 aromatic heterocycles. The minimum Gasteiger partial charge on any atom is -0.545 e. The van der Waals surface area contributed by atoms with Crippen molar-refractivity contribution in [3.63, 3.8) is 0 Å². The lowest BCUT2D eigenvalue weighted by atomic mass is 9.80. The van der Waals surface area contributed by atoms with E-state index >= 15 is 0 Å². The highest BCUT2D eigenvalue weighted by Gasteiger charge is 2.37. The number of rotatable bonds is 10. The summed E-state index contributed by atoms with van der Waals surface area (Å²) in [5, 5.41) is 23.8. The van der Waals surface area contributed by atoms with E-state index in [1.54, 1.807) is 31.9 Å². The largest absolute Gasteiger partial charge is 0.545 e. The van der Waals surface area contributed by atoms with Crippen LogP contribution in [-0.2, 0) is 14.3 Å². The topological polar surface area (TPSA) is 119 Å². The number of hydrogen-bond donors (Lipinski definition) is 0. The van der Waals surface area contributed by atoms with E-state index < -0.39 is 22.8 Å². The van der Waals surface area contributed by atoms with Crippen LogP contribution in [0.2, 0.25) is 0 Å². The van der Waals surface area contributed by atoms with Crippen LogP contribution in [0.25, 0.3) is 0 Å². The molecule has 0 spiro atoms. The van der Waals surface area contributed by atoms with Gasteiger partial charge in [-0.3, -0.25) is 19.9 Å². The van der Waals surface area contributed by atoms with Crippen LogP contribution in [0.1, 0.15) is 42.5 Å². The molecule has 2 heterocycles. The lowest BCUT2D eigenvalue weighted by Gasteiger charge is -2.40. The number of carbonyl (C=O) groups is 2. The van der Waals surface area contributed by atoms with Gasteiger partial charge in [0.15, 0.2) is 0 Å². The van der Waals surface area contributed by atoms with Gasteiger partial charge in [0.25, 0.3) is 5.69 Å². The van der Waals surface area contributed by atoms with E-state index in [-0.39, 0.29) is 29.5 Å². The fraction of sp³-hybridized carbons (Fsp3) is 0.314. The molecule has 5 rings (SSSR count). The van der Waals surface area contributed by atoms with E-state index in [0.717, 1.165) is 26.2 Å². The summed E-state index contributed by atoms with van der Waals surface area (Å²) < 4.78 is 5.76. The molecule has 10 heteroatoms. The van der Waals surface area contributed by atoms with Gasteiger partial charge in [-0.25, -0.2) is 4.79 Å². The van der Waals surface area contributed by atoms with E-state index in [2.05, 4.69) is 58.3 Å². The first-order valence-corrected chi connectivity index (χ1v) is 15.0. The van der Waals surface area contributed by atoms with Gasteiger partial charge in [0.2, 0.25) is 0 Å². The molecule has 2 aliphatic rings. The first-order valence-electron chi connectivity index (χ1n) is 15.0. The Kier molecular flexibility index (Phi) is 9.75. The van der Waals surface area contributed by atoms with Crippen LogP contribution in [-0.4, -0.2) is 77.9 Å². The normalized spacial score (nSPS) is 18.0. The molecule has 10 nitrogen and oxygen atoms in total. The quantitative estimate of drug-likeness (QED) is 0.192. The molecule has 3 aromatic carbocycles. The number of piperazine rings is 1. The van der Waals surface area contributed by atoms with Crippen molar-refractivity contribution in [3.8, 4) is 0 Å². The van der Waals surface area contributed by atoms with Crippen LogP contribution >= 0.6 is 0 Å². The van der Waals surface area contributed by atoms with Crippen molar-refractivity contribution >= 4 is 17.6 Å². The van der Waals surface area contributed by atoms with Gasteiger partial charge in [0, 0.05) is 74.8 Å². The number of aliphatic carboxylic acids is 1. The monoisotopic (exact) mass is 609 g/mol. The van der Waals surface area contributed by atoms with Gasteiger partial charge in [-0.1, -0.05) is 72.8 Å². The van der Waals surface area contributed by atoms with Crippen LogP contribution in [0.4, 0.5) is 5.69 Å². The van der Waals surface area contributed by atoms with E-state index in [0.29, 0.717) is 23.5 Å². The Morgan fingerprint density at radius 2 is 1.44 bits per heavy atom. The highest BCUT2D eigenvalue weighted by molar-refractivity contribution is 5.98. The average molecular weight is 610 g/mol. The maximum atomic E-state index is 13.6. The van der Waals surface area contributed by atoms with E-state index in [4.69, 9.17) is 4.74 Å². The summed E-state index contributed by atoms with van der Waals surface area (Å²) in [5.41, 5.74) is 3.50. The van der Waals surface area contributed by atoms with Crippen molar-refractivity contribution in [2.75, 3.05) is 46.4 Å². The molecular weight excluding hydrogens is 572 g/mol. The number of non-ortho nitro benzene ring substituents is 1. The molecule has 0 radical (unpaired) electrons. The van der Waals surface area contributed by atoms with Gasteiger partial charge in [0.05, 0.1) is 22.5 Å². The predicted molar refractivity (Wildman–Crippen MR) is 168 cm³/mol. The number of carboxylic acid groups (broad SMARTS) is 1. The van der Waals surface area contributed by atoms with Crippen molar-refractivity contribution in [3.05, 3.63) is 134 Å². The maximum Gasteiger partial charge on any atom is 0.336 e. The molecule has 0 amide bonds. The predicted octanol–water partition coefficient (Wildman–Crippen LogP) is 3.87. The minimum absolute atomic E-state index is 0.116. The second kappa shape index (κ2) is 13.9. The van der Waals surface area contributed by atoms with E-state index in [1.165, 1.54) is 29.3 Å². The third kappa shape index (κ3) is 6.82. The van der Waals surface area contributed by atoms with Crippen molar-refractivity contribution in [1.29, 1.82) is 0 Å². The molecule has 0 aliphatic carbocycles. The number of carbonyl (C=O) groups excluding carboxylic acids is 2. The van der Waals surface area contributed by atoms with Gasteiger partial charge in [-0.2, -0.15) is 0 Å². The molecule has 3 aromatic rings. The number of benzene rings is 3. The van der Waals surface area contributed by atoms with Crippen LogP contribution in [0, 0.1) is 10.1 Å². The number of nitro benzene ring substituents is 1. The highest BCUT2D eigenvalue weighted by atomic mass is 16.6. The average Bonchev–Trinajstić information content (AvgIpc) is 3.05. The molecule has 0 bridgehead atoms. The molecule has 1 unspecified atom stereocenters. The van der Waals surface area contributed by atoms with Crippen molar-refractivity contribution < 1.29 is 24.4 Å². The number of hydrogen-bond acceptors (Lipinski definition) is 9. The molecule has 45 heavy (non-hydrogen) atoms. The molecule has 0 N–H and O–H groups in total. The fourth-order valence-electron chi connectivity index (χ4n) is 6.33. The summed E-state index contributed by atoms with van der Waals surface area (Å²) in [5.74, 6) is -3.18. The van der Waals surface area contributed by atoms with Crippen molar-refractivity contribution in [2.24, 2.45) is 0 Å². The van der Waals surface area contributed by atoms with Crippen LogP contribution in [0.15, 0.2) is 107 Å². The fourth-order valence-corrected chi connectivity index (χ4v) is 6.33. The Hall–Kier alpha value is -4.80. The van der Waals surface area contributed by atoms with E-state index in [1.807, 2.05) is 12.1 Å². The Bertz CT molecular complexity index is 1570. The smallest absolute Gasteiger partial charge is 0.336 e. The van der Waals surface area contributed by atoms with E-state index in [9.17, 15) is 24.8 Å². The lowest BCUT2D eigenvalue weighted by Crippen LogP contribution is -2.48. The number of ether oxygens (including phenoxy) is 1. The lowest BCUT2D eigenvalue weighted by molar-refractivity contribution is -0.384. The second-order valence-electron chi connectivity index (χ2n) is 11.4. The molecule has 1 saturated heterocycles. The number of carboxylic acids is 1. The van der Waals surface area contributed by atoms with Crippen LogP contribution in [0.5, 0.6) is 0 Å². The number of esters is 1. The zero-order valence-electron chi connectivity index (χ0n) is 25.7. The molecular formula is C35H37N4O6-. The summed E-state index contributed by atoms with van der Waals surface area (Å²) in [7, 11) is 1.67. The third-order valence-electron chi connectivity index (χ3n) is 8.86. The minimum atomic E-state index is -1.45. The number of nitrogens with zero attached hydrogens (tertiary/aromatic N) is 4. The standard InChI is InChI=1S/C35H38N4O6/c1-24-30(34(40)41)32(28-15-10-16-29(23-28)39(43)44)31(25(2)36(24)3)35(42)45-22-21-37-17-19-38(20-18-37)33(26-11-6-4-7-12-26)27-13-8-5-9-14-27/h4-16,23,32-33H,17-22H2,1-3H3,(H,40,41)/p-1. The summed E-state index contributed by atoms with van der Waals surface area (Å²) in [6.45, 7) is 7.25. The highest BCUT2D eigenvalue weighted by Crippen LogP contribution is 2.42. The molecule has 2 aliphatic heterocycles. The summed E-state index contributed by atoms with van der Waals surface area (Å²) in [6, 6.07) is 26.8. The molecule has 1 atom stereocenters. The third-order valence-corrected chi connectivity index (χ3v) is 8.86. The molecule has 1 fully saturated rings. The van der Waals surface area contributed by atoms with Crippen LogP contribution in [0.3, 0.4) is 0 Å². The zero-order valence-corrected chi connectivity index (χ0v) is 25.7. The zero-order chi connectivity index (χ0) is 32.1. The van der Waals surface area contributed by atoms with Gasteiger partial charge in [-0.05, 0) is 30.5 Å². The number of allylic oxidation sites excluding steroid dienone is 2. The Balaban J connectivity index is 1.27. The maximum absolute atomic E-state index is 13.6. The molecule has 0 saturated carbocycles. The first-order chi connectivity index (χ1) is 21.7. The summed E-state index contributed by atoms with van der Waals surface area (Å²) in [6.07, 6.45) is 0. The van der Waals surface area contributed by atoms with Crippen molar-refractivity contribution in [2.45, 2.75) is 25.8 Å². The summed E-state index contributed by atoms with van der Waals surface area (Å²) in [4.78, 5) is 43.2. The SMILES string of the molecule is CC1=C(C(=O)[O-])C(c2cccc([N+](=O)[O-])c2)C(C(=O)OCCN2CCN(C(c3ccccc3)c3ccccc3)CC2)=C(C)N1C. The van der Waals surface area contributed by atoms with Gasteiger partial charge >= 0.3 is 5.97 Å². The van der Waals surface area contributed by atoms with Gasteiger partial charge < -0.3 is 19.5 Å². The first kappa shape index (κ1) is 31.6. The van der Waals surface area contributed by atoms with Gasteiger partial charge in [-0.15, -0.1) is 0 Å². The molecule has 234 valence electrons. The second-order valence-corrected chi connectivity index (χ2v) is 11.4. The summed E-state index contributed by atoms with van der Waals surface area (Å²) >= 11 is 0. The Morgan fingerprint density at radius 1 is 0.867 bits per heavy atom.